The van der Waals surface area contributed by atoms with Crippen LogP contribution in [0.25, 0.3) is 12.2 Å². The average Bonchev–Trinajstić information content (AvgIpc) is 2.45. The molecule has 2 aromatic carbocycles. The Morgan fingerprint density at radius 3 is 2.37 bits per heavy atom. The molecule has 0 aromatic heterocycles. The third-order valence-electron chi connectivity index (χ3n) is 2.71. The van der Waals surface area contributed by atoms with Crippen LogP contribution >= 0.6 is 0 Å². The summed E-state index contributed by atoms with van der Waals surface area (Å²) in [5.74, 6) is -0.327. The highest BCUT2D eigenvalue weighted by molar-refractivity contribution is 5.89. The van der Waals surface area contributed by atoms with E-state index in [1.807, 2.05) is 48.6 Å². The smallest absolute Gasteiger partial charge is 0.337 e. The van der Waals surface area contributed by atoms with E-state index < -0.39 is 0 Å². The summed E-state index contributed by atoms with van der Waals surface area (Å²) in [6, 6.07) is 14.9. The normalized spacial score (nSPS) is 10.6. The van der Waals surface area contributed by atoms with Gasteiger partial charge in [-0.1, -0.05) is 36.4 Å². The second-order valence-corrected chi connectivity index (χ2v) is 4.12. The lowest BCUT2D eigenvalue weighted by Crippen LogP contribution is -2.00. The van der Waals surface area contributed by atoms with Gasteiger partial charge in [0.2, 0.25) is 0 Å². The Kier molecular flexibility index (Phi) is 3.98. The van der Waals surface area contributed by atoms with Crippen LogP contribution in [0.3, 0.4) is 0 Å². The Hall–Kier alpha value is -2.55. The molecular weight excluding hydrogens is 238 g/mol. The van der Waals surface area contributed by atoms with Crippen molar-refractivity contribution in [2.75, 3.05) is 12.8 Å². The number of hydrogen-bond donors (Lipinski definition) is 1. The monoisotopic (exact) mass is 253 g/mol. The first-order valence-corrected chi connectivity index (χ1v) is 5.91. The van der Waals surface area contributed by atoms with Crippen LogP contribution in [0.2, 0.25) is 0 Å². The molecule has 0 heterocycles. The number of esters is 1. The molecule has 0 fully saturated rings. The fourth-order valence-electron chi connectivity index (χ4n) is 1.70. The fourth-order valence-corrected chi connectivity index (χ4v) is 1.70. The van der Waals surface area contributed by atoms with Gasteiger partial charge in [0.05, 0.1) is 12.7 Å². The van der Waals surface area contributed by atoms with Gasteiger partial charge in [-0.25, -0.2) is 4.79 Å². The van der Waals surface area contributed by atoms with E-state index in [0.29, 0.717) is 5.56 Å². The largest absolute Gasteiger partial charge is 0.465 e. The van der Waals surface area contributed by atoms with Crippen molar-refractivity contribution < 1.29 is 9.53 Å². The third kappa shape index (κ3) is 3.45. The molecule has 0 aliphatic carbocycles. The van der Waals surface area contributed by atoms with E-state index in [2.05, 4.69) is 4.74 Å². The molecule has 0 aliphatic heterocycles. The van der Waals surface area contributed by atoms with Gasteiger partial charge in [0.1, 0.15) is 0 Å². The zero-order valence-electron chi connectivity index (χ0n) is 10.7. The van der Waals surface area contributed by atoms with Crippen LogP contribution in [0.4, 0.5) is 5.69 Å². The summed E-state index contributed by atoms with van der Waals surface area (Å²) >= 11 is 0. The SMILES string of the molecule is COC(=O)c1ccc(/C=C/c2cccc(N)c2)cc1. The number of carbonyl (C=O) groups excluding carboxylic acids is 1. The number of nitrogens with two attached hydrogens (primary N) is 1. The predicted octanol–water partition coefficient (Wildman–Crippen LogP) is 3.23. The molecule has 0 amide bonds. The summed E-state index contributed by atoms with van der Waals surface area (Å²) in [6.07, 6.45) is 3.94. The highest BCUT2D eigenvalue weighted by Crippen LogP contribution is 2.12. The number of benzene rings is 2. The van der Waals surface area contributed by atoms with Gasteiger partial charge in [0.25, 0.3) is 0 Å². The Morgan fingerprint density at radius 2 is 1.74 bits per heavy atom. The van der Waals surface area contributed by atoms with Crippen LogP contribution < -0.4 is 5.73 Å². The summed E-state index contributed by atoms with van der Waals surface area (Å²) in [6.45, 7) is 0. The van der Waals surface area contributed by atoms with E-state index in [9.17, 15) is 4.79 Å². The minimum atomic E-state index is -0.327. The van der Waals surface area contributed by atoms with Gasteiger partial charge in [-0.2, -0.15) is 0 Å². The van der Waals surface area contributed by atoms with E-state index in [1.165, 1.54) is 7.11 Å². The minimum Gasteiger partial charge on any atom is -0.465 e. The van der Waals surface area contributed by atoms with Crippen LogP contribution in [-0.2, 0) is 4.74 Å². The topological polar surface area (TPSA) is 52.3 Å². The van der Waals surface area contributed by atoms with Gasteiger partial charge in [-0.15, -0.1) is 0 Å². The highest BCUT2D eigenvalue weighted by atomic mass is 16.5. The summed E-state index contributed by atoms with van der Waals surface area (Å²) in [5.41, 5.74) is 9.04. The Balaban J connectivity index is 2.13. The maximum atomic E-state index is 11.3. The van der Waals surface area contributed by atoms with Crippen LogP contribution in [0.15, 0.2) is 48.5 Å². The second kappa shape index (κ2) is 5.87. The molecule has 2 rings (SSSR count). The number of carbonyl (C=O) groups is 1. The molecule has 0 unspecified atom stereocenters. The molecule has 19 heavy (non-hydrogen) atoms. The first kappa shape index (κ1) is 12.9. The van der Waals surface area contributed by atoms with Gasteiger partial charge in [0, 0.05) is 5.69 Å². The van der Waals surface area contributed by atoms with Crippen LogP contribution in [-0.4, -0.2) is 13.1 Å². The lowest BCUT2D eigenvalue weighted by Gasteiger charge is -1.99. The molecule has 0 saturated heterocycles. The summed E-state index contributed by atoms with van der Waals surface area (Å²) < 4.78 is 4.65. The quantitative estimate of drug-likeness (QED) is 0.519. The number of ether oxygens (including phenoxy) is 1. The van der Waals surface area contributed by atoms with Crippen molar-refractivity contribution in [1.82, 2.24) is 0 Å². The van der Waals surface area contributed by atoms with Crippen molar-refractivity contribution in [3.8, 4) is 0 Å². The molecule has 0 aliphatic rings. The van der Waals surface area contributed by atoms with Crippen molar-refractivity contribution in [3.05, 3.63) is 65.2 Å². The van der Waals surface area contributed by atoms with Gasteiger partial charge in [0.15, 0.2) is 0 Å². The van der Waals surface area contributed by atoms with E-state index in [-0.39, 0.29) is 5.97 Å². The molecule has 0 atom stereocenters. The minimum absolute atomic E-state index is 0.327. The van der Waals surface area contributed by atoms with Crippen molar-refractivity contribution in [1.29, 1.82) is 0 Å². The molecule has 0 radical (unpaired) electrons. The molecule has 3 nitrogen and oxygen atoms in total. The van der Waals surface area contributed by atoms with Crippen molar-refractivity contribution in [3.63, 3.8) is 0 Å². The van der Waals surface area contributed by atoms with Crippen LogP contribution in [0.1, 0.15) is 21.5 Å². The third-order valence-corrected chi connectivity index (χ3v) is 2.71. The van der Waals surface area contributed by atoms with Crippen molar-refractivity contribution >= 4 is 23.8 Å². The van der Waals surface area contributed by atoms with Gasteiger partial charge in [-0.05, 0) is 35.4 Å². The van der Waals surface area contributed by atoms with E-state index in [0.717, 1.165) is 16.8 Å². The fraction of sp³-hybridized carbons (Fsp3) is 0.0625. The van der Waals surface area contributed by atoms with E-state index in [1.54, 1.807) is 12.1 Å². The van der Waals surface area contributed by atoms with Crippen molar-refractivity contribution in [2.24, 2.45) is 0 Å². The van der Waals surface area contributed by atoms with E-state index >= 15 is 0 Å². The first-order valence-electron chi connectivity index (χ1n) is 5.91. The number of nitrogen functional groups attached to an aromatic ring is 1. The Bertz CT molecular complexity index is 600. The summed E-state index contributed by atoms with van der Waals surface area (Å²) in [5, 5.41) is 0. The first-order chi connectivity index (χ1) is 9.19. The number of hydrogen-bond acceptors (Lipinski definition) is 3. The summed E-state index contributed by atoms with van der Waals surface area (Å²) in [4.78, 5) is 11.3. The zero-order valence-corrected chi connectivity index (χ0v) is 10.7. The standard InChI is InChI=1S/C16H15NO2/c1-19-16(18)14-9-7-12(8-10-14)5-6-13-3-2-4-15(17)11-13/h2-11H,17H2,1H3/b6-5+. The number of rotatable bonds is 3. The van der Waals surface area contributed by atoms with Crippen molar-refractivity contribution in [2.45, 2.75) is 0 Å². The second-order valence-electron chi connectivity index (χ2n) is 4.12. The predicted molar refractivity (Wildman–Crippen MR) is 77.6 cm³/mol. The maximum absolute atomic E-state index is 11.3. The average molecular weight is 253 g/mol. The highest BCUT2D eigenvalue weighted by Gasteiger charge is 2.02. The van der Waals surface area contributed by atoms with Crippen LogP contribution in [0.5, 0.6) is 0 Å². The van der Waals surface area contributed by atoms with Gasteiger partial charge in [-0.3, -0.25) is 0 Å². The molecule has 2 aromatic rings. The van der Waals surface area contributed by atoms with Crippen LogP contribution in [0, 0.1) is 0 Å². The van der Waals surface area contributed by atoms with Gasteiger partial charge >= 0.3 is 5.97 Å². The Morgan fingerprint density at radius 1 is 1.05 bits per heavy atom. The number of anilines is 1. The Labute approximate surface area is 112 Å². The van der Waals surface area contributed by atoms with E-state index in [4.69, 9.17) is 5.73 Å². The summed E-state index contributed by atoms with van der Waals surface area (Å²) in [7, 11) is 1.37. The molecule has 0 bridgehead atoms. The molecule has 2 N–H and O–H groups in total. The molecule has 96 valence electrons. The molecule has 0 spiro atoms. The molecular formula is C16H15NO2. The molecule has 3 heteroatoms. The lowest BCUT2D eigenvalue weighted by atomic mass is 10.1. The molecule has 0 saturated carbocycles. The zero-order chi connectivity index (χ0) is 13.7. The maximum Gasteiger partial charge on any atom is 0.337 e. The lowest BCUT2D eigenvalue weighted by molar-refractivity contribution is 0.0601. The van der Waals surface area contributed by atoms with Gasteiger partial charge < -0.3 is 10.5 Å². The number of methoxy groups -OCH3 is 1.